The standard InChI is InChI=1S/C14H9ClF2INO2/c15-11-6-8(4-5-12(11)18)13(20)19-9-2-1-3-10(7-9)21-14(16)17/h1-7,14H,(H,19,20). The van der Waals surface area contributed by atoms with E-state index >= 15 is 0 Å². The van der Waals surface area contributed by atoms with Crippen LogP contribution in [0.4, 0.5) is 14.5 Å². The molecule has 1 amide bonds. The highest BCUT2D eigenvalue weighted by Crippen LogP contribution is 2.22. The largest absolute Gasteiger partial charge is 0.435 e. The van der Waals surface area contributed by atoms with Crippen LogP contribution in [0.5, 0.6) is 5.75 Å². The number of carbonyl (C=O) groups excluding carboxylic acids is 1. The molecular formula is C14H9ClF2INO2. The van der Waals surface area contributed by atoms with Gasteiger partial charge in [0.05, 0.1) is 5.02 Å². The van der Waals surface area contributed by atoms with Crippen molar-refractivity contribution in [2.24, 2.45) is 0 Å². The van der Waals surface area contributed by atoms with Gasteiger partial charge in [-0.05, 0) is 52.9 Å². The molecule has 0 bridgehead atoms. The van der Waals surface area contributed by atoms with Crippen molar-refractivity contribution in [2.45, 2.75) is 6.61 Å². The van der Waals surface area contributed by atoms with Gasteiger partial charge >= 0.3 is 6.61 Å². The van der Waals surface area contributed by atoms with E-state index in [2.05, 4.69) is 32.6 Å². The van der Waals surface area contributed by atoms with Crippen molar-refractivity contribution >= 4 is 45.8 Å². The summed E-state index contributed by atoms with van der Waals surface area (Å²) >= 11 is 8.00. The molecule has 7 heteroatoms. The van der Waals surface area contributed by atoms with Crippen LogP contribution in [-0.4, -0.2) is 12.5 Å². The second kappa shape index (κ2) is 7.04. The van der Waals surface area contributed by atoms with Crippen LogP contribution in [-0.2, 0) is 0 Å². The quantitative estimate of drug-likeness (QED) is 0.718. The van der Waals surface area contributed by atoms with Gasteiger partial charge in [-0.25, -0.2) is 0 Å². The summed E-state index contributed by atoms with van der Waals surface area (Å²) < 4.78 is 29.4. The van der Waals surface area contributed by atoms with Crippen LogP contribution in [0.25, 0.3) is 0 Å². The molecule has 0 saturated heterocycles. The molecule has 0 aliphatic heterocycles. The smallest absolute Gasteiger partial charge is 0.387 e. The summed E-state index contributed by atoms with van der Waals surface area (Å²) in [5, 5.41) is 3.06. The third kappa shape index (κ3) is 4.53. The topological polar surface area (TPSA) is 38.3 Å². The summed E-state index contributed by atoms with van der Waals surface area (Å²) in [6.07, 6.45) is 0. The predicted molar refractivity (Wildman–Crippen MR) is 85.2 cm³/mol. The number of ether oxygens (including phenoxy) is 1. The fourth-order valence-electron chi connectivity index (χ4n) is 1.59. The number of carbonyl (C=O) groups is 1. The average Bonchev–Trinajstić information content (AvgIpc) is 2.41. The van der Waals surface area contributed by atoms with Crippen molar-refractivity contribution in [1.29, 1.82) is 0 Å². The summed E-state index contributed by atoms with van der Waals surface area (Å²) in [6.45, 7) is -2.91. The molecule has 0 radical (unpaired) electrons. The van der Waals surface area contributed by atoms with E-state index in [0.29, 0.717) is 16.3 Å². The maximum absolute atomic E-state index is 12.1. The molecule has 2 aromatic carbocycles. The minimum Gasteiger partial charge on any atom is -0.435 e. The van der Waals surface area contributed by atoms with Crippen LogP contribution in [0.3, 0.4) is 0 Å². The van der Waals surface area contributed by atoms with Crippen molar-refractivity contribution in [3.8, 4) is 5.75 Å². The molecule has 0 heterocycles. The van der Waals surface area contributed by atoms with Gasteiger partial charge < -0.3 is 10.1 Å². The number of benzene rings is 2. The van der Waals surface area contributed by atoms with Crippen molar-refractivity contribution < 1.29 is 18.3 Å². The molecule has 2 aromatic rings. The fraction of sp³-hybridized carbons (Fsp3) is 0.0714. The number of nitrogens with one attached hydrogen (secondary N) is 1. The fourth-order valence-corrected chi connectivity index (χ4v) is 2.11. The summed E-state index contributed by atoms with van der Waals surface area (Å²) in [7, 11) is 0. The first-order valence-electron chi connectivity index (χ1n) is 5.77. The number of halogens is 4. The predicted octanol–water partition coefficient (Wildman–Crippen LogP) is 4.80. The molecule has 0 unspecified atom stereocenters. The molecule has 0 spiro atoms. The molecule has 0 atom stereocenters. The van der Waals surface area contributed by atoms with E-state index in [1.54, 1.807) is 18.2 Å². The summed E-state index contributed by atoms with van der Waals surface area (Å²) in [6, 6.07) is 10.7. The number of alkyl halides is 2. The Morgan fingerprint density at radius 2 is 2.00 bits per heavy atom. The second-order valence-electron chi connectivity index (χ2n) is 3.99. The molecule has 0 fully saturated rings. The van der Waals surface area contributed by atoms with Gasteiger partial charge in [0.25, 0.3) is 5.91 Å². The second-order valence-corrected chi connectivity index (χ2v) is 5.56. The lowest BCUT2D eigenvalue weighted by atomic mass is 10.2. The normalized spacial score (nSPS) is 10.5. The van der Waals surface area contributed by atoms with Crippen LogP contribution in [0.1, 0.15) is 10.4 Å². The lowest BCUT2D eigenvalue weighted by molar-refractivity contribution is -0.0497. The number of hydrogen-bond acceptors (Lipinski definition) is 2. The lowest BCUT2D eigenvalue weighted by Gasteiger charge is -2.09. The highest BCUT2D eigenvalue weighted by molar-refractivity contribution is 14.1. The van der Waals surface area contributed by atoms with Gasteiger partial charge in [-0.2, -0.15) is 8.78 Å². The molecular weight excluding hydrogens is 415 g/mol. The molecule has 0 aromatic heterocycles. The Hall–Kier alpha value is -1.41. The molecule has 0 saturated carbocycles. The van der Waals surface area contributed by atoms with E-state index < -0.39 is 6.61 Å². The zero-order valence-corrected chi connectivity index (χ0v) is 13.4. The Morgan fingerprint density at radius 3 is 2.67 bits per heavy atom. The molecule has 3 nitrogen and oxygen atoms in total. The summed E-state index contributed by atoms with van der Waals surface area (Å²) in [5.41, 5.74) is 0.730. The Kier molecular flexibility index (Phi) is 5.35. The van der Waals surface area contributed by atoms with E-state index in [4.69, 9.17) is 11.6 Å². The van der Waals surface area contributed by atoms with E-state index in [0.717, 1.165) is 3.57 Å². The Balaban J connectivity index is 2.13. The van der Waals surface area contributed by atoms with E-state index in [9.17, 15) is 13.6 Å². The first kappa shape index (κ1) is 16.0. The molecule has 0 aliphatic rings. The van der Waals surface area contributed by atoms with Crippen molar-refractivity contribution in [2.75, 3.05) is 5.32 Å². The van der Waals surface area contributed by atoms with Crippen LogP contribution >= 0.6 is 34.2 Å². The van der Waals surface area contributed by atoms with Crippen LogP contribution in [0.15, 0.2) is 42.5 Å². The number of anilines is 1. The Bertz CT molecular complexity index is 667. The van der Waals surface area contributed by atoms with Gasteiger partial charge in [-0.3, -0.25) is 4.79 Å². The van der Waals surface area contributed by atoms with Crippen LogP contribution in [0.2, 0.25) is 5.02 Å². The zero-order valence-electron chi connectivity index (χ0n) is 10.4. The third-order valence-electron chi connectivity index (χ3n) is 2.50. The molecule has 21 heavy (non-hydrogen) atoms. The SMILES string of the molecule is O=C(Nc1cccc(OC(F)F)c1)c1ccc(I)c(Cl)c1. The monoisotopic (exact) mass is 423 g/mol. The minimum atomic E-state index is -2.91. The number of hydrogen-bond donors (Lipinski definition) is 1. The molecule has 1 N–H and O–H groups in total. The zero-order chi connectivity index (χ0) is 15.4. The van der Waals surface area contributed by atoms with Gasteiger partial charge in [0.2, 0.25) is 0 Å². The van der Waals surface area contributed by atoms with E-state index in [-0.39, 0.29) is 11.7 Å². The van der Waals surface area contributed by atoms with Crippen molar-refractivity contribution in [1.82, 2.24) is 0 Å². The number of amides is 1. The van der Waals surface area contributed by atoms with Gasteiger partial charge in [0.15, 0.2) is 0 Å². The maximum atomic E-state index is 12.1. The highest BCUT2D eigenvalue weighted by Gasteiger charge is 2.10. The molecule has 2 rings (SSSR count). The van der Waals surface area contributed by atoms with E-state index in [1.165, 1.54) is 24.3 Å². The first-order chi connectivity index (χ1) is 9.95. The van der Waals surface area contributed by atoms with Crippen LogP contribution in [0, 0.1) is 3.57 Å². The lowest BCUT2D eigenvalue weighted by Crippen LogP contribution is -2.12. The summed E-state index contributed by atoms with van der Waals surface area (Å²) in [5.74, 6) is -0.411. The average molecular weight is 424 g/mol. The highest BCUT2D eigenvalue weighted by atomic mass is 127. The van der Waals surface area contributed by atoms with Crippen molar-refractivity contribution in [3.05, 3.63) is 56.6 Å². The molecule has 110 valence electrons. The van der Waals surface area contributed by atoms with Gasteiger partial charge in [-0.15, -0.1) is 0 Å². The first-order valence-corrected chi connectivity index (χ1v) is 7.22. The Morgan fingerprint density at radius 1 is 1.24 bits per heavy atom. The third-order valence-corrected chi connectivity index (χ3v) is 4.07. The van der Waals surface area contributed by atoms with Gasteiger partial charge in [0, 0.05) is 20.9 Å². The van der Waals surface area contributed by atoms with Crippen LogP contribution < -0.4 is 10.1 Å². The summed E-state index contributed by atoms with van der Waals surface area (Å²) in [4.78, 5) is 12.0. The minimum absolute atomic E-state index is 0.0246. The molecule has 0 aliphatic carbocycles. The Labute approximate surface area is 138 Å². The maximum Gasteiger partial charge on any atom is 0.387 e. The van der Waals surface area contributed by atoms with Gasteiger partial charge in [-0.1, -0.05) is 17.7 Å². The van der Waals surface area contributed by atoms with Crippen molar-refractivity contribution in [3.63, 3.8) is 0 Å². The van der Waals surface area contributed by atoms with E-state index in [1.807, 2.05) is 0 Å². The number of rotatable bonds is 4. The van der Waals surface area contributed by atoms with Gasteiger partial charge in [0.1, 0.15) is 5.75 Å².